The molecule has 0 amide bonds. The molecule has 0 aliphatic carbocycles. The van der Waals surface area contributed by atoms with Crippen molar-refractivity contribution in [3.05, 3.63) is 0 Å². The summed E-state index contributed by atoms with van der Waals surface area (Å²) in [4.78, 5) is 0. The van der Waals surface area contributed by atoms with E-state index in [1.165, 1.54) is 0 Å². The fraction of sp³-hybridized carbons (Fsp3) is 0.714. The van der Waals surface area contributed by atoms with Gasteiger partial charge in [-0.25, -0.2) is 0 Å². The van der Waals surface area contributed by atoms with Crippen molar-refractivity contribution in [2.24, 2.45) is 0 Å². The molecule has 2 nitrogen and oxygen atoms in total. The topological polar surface area (TPSA) is 40.5 Å². The van der Waals surface area contributed by atoms with Crippen molar-refractivity contribution < 1.29 is 10.2 Å². The van der Waals surface area contributed by atoms with Gasteiger partial charge >= 0.3 is 0 Å². The van der Waals surface area contributed by atoms with Crippen LogP contribution < -0.4 is 0 Å². The van der Waals surface area contributed by atoms with E-state index in [-0.39, 0.29) is 6.61 Å². The summed E-state index contributed by atoms with van der Waals surface area (Å²) in [6.45, 7) is 1.93. The Hall–Kier alpha value is -0.520. The molecule has 0 bridgehead atoms. The van der Waals surface area contributed by atoms with Gasteiger partial charge in [-0.1, -0.05) is 18.8 Å². The molecule has 1 unspecified atom stereocenters. The first-order valence-corrected chi connectivity index (χ1v) is 3.08. The zero-order valence-electron chi connectivity index (χ0n) is 5.59. The lowest BCUT2D eigenvalue weighted by atomic mass is 10.3. The number of hydrogen-bond donors (Lipinski definition) is 2. The summed E-state index contributed by atoms with van der Waals surface area (Å²) in [5.41, 5.74) is 0. The summed E-state index contributed by atoms with van der Waals surface area (Å²) >= 11 is 0. The van der Waals surface area contributed by atoms with Gasteiger partial charge in [0.25, 0.3) is 0 Å². The molecule has 0 spiro atoms. The van der Waals surface area contributed by atoms with E-state index in [9.17, 15) is 0 Å². The highest BCUT2D eigenvalue weighted by molar-refractivity contribution is 5.03. The van der Waals surface area contributed by atoms with Crippen LogP contribution in [0, 0.1) is 11.8 Å². The van der Waals surface area contributed by atoms with Crippen molar-refractivity contribution in [1.29, 1.82) is 0 Å². The van der Waals surface area contributed by atoms with Gasteiger partial charge in [0.05, 0.1) is 6.61 Å². The first-order valence-electron chi connectivity index (χ1n) is 3.08. The van der Waals surface area contributed by atoms with E-state index in [0.29, 0.717) is 12.8 Å². The van der Waals surface area contributed by atoms with E-state index in [4.69, 9.17) is 10.2 Å². The van der Waals surface area contributed by atoms with E-state index in [2.05, 4.69) is 11.8 Å². The van der Waals surface area contributed by atoms with E-state index in [1.807, 2.05) is 6.92 Å². The van der Waals surface area contributed by atoms with Crippen LogP contribution in [0.5, 0.6) is 0 Å². The summed E-state index contributed by atoms with van der Waals surface area (Å²) < 4.78 is 0. The summed E-state index contributed by atoms with van der Waals surface area (Å²) in [5.74, 6) is 5.21. The van der Waals surface area contributed by atoms with E-state index >= 15 is 0 Å². The minimum Gasteiger partial charge on any atom is -0.395 e. The molecule has 2 N–H and O–H groups in total. The molecule has 0 aromatic heterocycles. The molecule has 0 aliphatic rings. The number of hydrogen-bond acceptors (Lipinski definition) is 2. The second kappa shape index (κ2) is 5.61. The molecule has 0 aromatic carbocycles. The largest absolute Gasteiger partial charge is 0.395 e. The Morgan fingerprint density at radius 1 is 1.56 bits per heavy atom. The molecule has 2 heteroatoms. The first-order chi connectivity index (χ1) is 4.31. The third-order valence-corrected chi connectivity index (χ3v) is 0.892. The molecule has 0 rings (SSSR count). The van der Waals surface area contributed by atoms with Crippen molar-refractivity contribution in [2.75, 3.05) is 6.61 Å². The number of rotatable bonds is 2. The van der Waals surface area contributed by atoms with Crippen molar-refractivity contribution in [3.63, 3.8) is 0 Å². The fourth-order valence-corrected chi connectivity index (χ4v) is 0.348. The third-order valence-electron chi connectivity index (χ3n) is 0.892. The van der Waals surface area contributed by atoms with Gasteiger partial charge in [-0.05, 0) is 6.42 Å². The summed E-state index contributed by atoms with van der Waals surface area (Å²) in [5, 5.41) is 17.1. The molecule has 1 atom stereocenters. The van der Waals surface area contributed by atoms with Crippen LogP contribution in [0.4, 0.5) is 0 Å². The maximum Gasteiger partial charge on any atom is 0.114 e. The lowest BCUT2D eigenvalue weighted by Crippen LogP contribution is -1.98. The van der Waals surface area contributed by atoms with Crippen LogP contribution in [0.1, 0.15) is 19.8 Å². The minimum atomic E-state index is -0.517. The molecule has 52 valence electrons. The highest BCUT2D eigenvalue weighted by Gasteiger charge is 1.89. The lowest BCUT2D eigenvalue weighted by molar-refractivity contribution is 0.228. The van der Waals surface area contributed by atoms with Crippen molar-refractivity contribution in [3.8, 4) is 11.8 Å². The Labute approximate surface area is 55.5 Å². The van der Waals surface area contributed by atoms with Crippen LogP contribution in [0.15, 0.2) is 0 Å². The highest BCUT2D eigenvalue weighted by Crippen LogP contribution is 1.85. The van der Waals surface area contributed by atoms with Crippen LogP contribution in [0.2, 0.25) is 0 Å². The van der Waals surface area contributed by atoms with Crippen LogP contribution in [-0.2, 0) is 0 Å². The third kappa shape index (κ3) is 5.35. The Balaban J connectivity index is 3.33. The highest BCUT2D eigenvalue weighted by atomic mass is 16.3. The average Bonchev–Trinajstić information content (AvgIpc) is 1.89. The molecule has 0 saturated carbocycles. The molecule has 0 aromatic rings. The predicted octanol–water partition coefficient (Wildman–Crippen LogP) is 0.143. The van der Waals surface area contributed by atoms with Crippen molar-refractivity contribution in [1.82, 2.24) is 0 Å². The molecular formula is C7H12O2. The Bertz CT molecular complexity index is 110. The smallest absolute Gasteiger partial charge is 0.114 e. The van der Waals surface area contributed by atoms with Crippen molar-refractivity contribution >= 4 is 0 Å². The van der Waals surface area contributed by atoms with Crippen molar-refractivity contribution in [2.45, 2.75) is 25.9 Å². The van der Waals surface area contributed by atoms with E-state index in [0.717, 1.165) is 0 Å². The molecule has 0 heterocycles. The van der Waals surface area contributed by atoms with Gasteiger partial charge in [-0.15, -0.1) is 0 Å². The standard InChI is InChI=1S/C7H12O2/c1-2-7(9)5-3-4-6-8/h7-9H,2,4,6H2,1H3. The molecule has 9 heavy (non-hydrogen) atoms. The SMILES string of the molecule is CCC(O)C#CCCO. The van der Waals surface area contributed by atoms with E-state index in [1.54, 1.807) is 0 Å². The minimum absolute atomic E-state index is 0.0729. The van der Waals surface area contributed by atoms with Crippen LogP contribution in [-0.4, -0.2) is 22.9 Å². The van der Waals surface area contributed by atoms with Crippen LogP contribution >= 0.6 is 0 Å². The maximum absolute atomic E-state index is 8.83. The Morgan fingerprint density at radius 3 is 2.67 bits per heavy atom. The zero-order chi connectivity index (χ0) is 7.11. The maximum atomic E-state index is 8.83. The van der Waals surface area contributed by atoms with Gasteiger partial charge in [-0.2, -0.15) is 0 Å². The van der Waals surface area contributed by atoms with Crippen LogP contribution in [0.25, 0.3) is 0 Å². The summed E-state index contributed by atoms with van der Waals surface area (Å²) in [7, 11) is 0. The monoisotopic (exact) mass is 128 g/mol. The molecule has 0 aliphatic heterocycles. The normalized spacial score (nSPS) is 11.9. The molecule has 0 radical (unpaired) electrons. The lowest BCUT2D eigenvalue weighted by Gasteiger charge is -1.92. The van der Waals surface area contributed by atoms with Gasteiger partial charge < -0.3 is 10.2 Å². The average molecular weight is 128 g/mol. The molecule has 0 saturated heterocycles. The second-order valence-electron chi connectivity index (χ2n) is 1.72. The number of aliphatic hydroxyl groups is 2. The van der Waals surface area contributed by atoms with Gasteiger partial charge in [0.15, 0.2) is 0 Å². The fourth-order valence-electron chi connectivity index (χ4n) is 0.348. The van der Waals surface area contributed by atoms with E-state index < -0.39 is 6.10 Å². The van der Waals surface area contributed by atoms with Gasteiger partial charge in [0.2, 0.25) is 0 Å². The van der Waals surface area contributed by atoms with Gasteiger partial charge in [0.1, 0.15) is 6.10 Å². The van der Waals surface area contributed by atoms with Gasteiger partial charge in [-0.3, -0.25) is 0 Å². The number of aliphatic hydroxyl groups excluding tert-OH is 2. The van der Waals surface area contributed by atoms with Crippen LogP contribution in [0.3, 0.4) is 0 Å². The summed E-state index contributed by atoms with van der Waals surface area (Å²) in [6.07, 6.45) is 0.590. The first kappa shape index (κ1) is 8.48. The zero-order valence-corrected chi connectivity index (χ0v) is 5.59. The Kier molecular flexibility index (Phi) is 5.29. The predicted molar refractivity (Wildman–Crippen MR) is 35.8 cm³/mol. The second-order valence-corrected chi connectivity index (χ2v) is 1.72. The van der Waals surface area contributed by atoms with Gasteiger partial charge in [0, 0.05) is 6.42 Å². The summed E-state index contributed by atoms with van der Waals surface area (Å²) in [6, 6.07) is 0. The Morgan fingerprint density at radius 2 is 2.22 bits per heavy atom. The molecular weight excluding hydrogens is 116 g/mol. The molecule has 0 fully saturated rings. The quantitative estimate of drug-likeness (QED) is 0.519.